The molecule has 100 valence electrons. The van der Waals surface area contributed by atoms with Crippen molar-refractivity contribution in [2.45, 2.75) is 6.54 Å². The van der Waals surface area contributed by atoms with Gasteiger partial charge in [-0.3, -0.25) is 0 Å². The van der Waals surface area contributed by atoms with Crippen LogP contribution in [0.3, 0.4) is 0 Å². The third-order valence-corrected chi connectivity index (χ3v) is 3.91. The predicted octanol–water partition coefficient (Wildman–Crippen LogP) is 3.61. The van der Waals surface area contributed by atoms with E-state index in [4.69, 9.17) is 5.11 Å². The topological polar surface area (TPSA) is 62.2 Å². The predicted molar refractivity (Wildman–Crippen MR) is 80.3 cm³/mol. The summed E-state index contributed by atoms with van der Waals surface area (Å²) in [4.78, 5) is 15.4. The van der Waals surface area contributed by atoms with Crippen LogP contribution in [-0.2, 0) is 6.54 Å². The molecule has 0 fully saturated rings. The lowest BCUT2D eigenvalue weighted by Crippen LogP contribution is -2.02. The SMILES string of the molecule is O=C(O)c1cccc(CNc2nc3ccccc3s2)c1. The summed E-state index contributed by atoms with van der Waals surface area (Å²) in [5.41, 5.74) is 2.19. The molecule has 0 radical (unpaired) electrons. The molecule has 3 aromatic rings. The molecule has 0 saturated heterocycles. The number of hydrogen-bond acceptors (Lipinski definition) is 4. The second kappa shape index (κ2) is 5.30. The van der Waals surface area contributed by atoms with Crippen molar-refractivity contribution in [2.75, 3.05) is 5.32 Å². The molecule has 0 aliphatic rings. The molecule has 1 aromatic heterocycles. The van der Waals surface area contributed by atoms with E-state index in [9.17, 15) is 4.79 Å². The molecule has 4 nitrogen and oxygen atoms in total. The highest BCUT2D eigenvalue weighted by Gasteiger charge is 2.05. The lowest BCUT2D eigenvalue weighted by Gasteiger charge is -2.03. The summed E-state index contributed by atoms with van der Waals surface area (Å²) in [5, 5.41) is 13.0. The summed E-state index contributed by atoms with van der Waals surface area (Å²) in [6.45, 7) is 0.556. The van der Waals surface area contributed by atoms with Crippen LogP contribution in [-0.4, -0.2) is 16.1 Å². The number of carboxylic acid groups (broad SMARTS) is 1. The Morgan fingerprint density at radius 1 is 1.20 bits per heavy atom. The van der Waals surface area contributed by atoms with Crippen LogP contribution in [0.5, 0.6) is 0 Å². The van der Waals surface area contributed by atoms with E-state index in [1.807, 2.05) is 30.3 Å². The maximum Gasteiger partial charge on any atom is 0.335 e. The standard InChI is InChI=1S/C15H12N2O2S/c18-14(19)11-5-3-4-10(8-11)9-16-15-17-12-6-1-2-7-13(12)20-15/h1-8H,9H2,(H,16,17)(H,18,19). The second-order valence-electron chi connectivity index (χ2n) is 4.35. The van der Waals surface area contributed by atoms with Crippen molar-refractivity contribution in [3.05, 3.63) is 59.7 Å². The van der Waals surface area contributed by atoms with Gasteiger partial charge >= 0.3 is 5.97 Å². The molecule has 0 bridgehead atoms. The Hall–Kier alpha value is -2.40. The summed E-state index contributed by atoms with van der Waals surface area (Å²) in [7, 11) is 0. The maximum atomic E-state index is 10.9. The number of para-hydroxylation sites is 1. The molecular formula is C15H12N2O2S. The van der Waals surface area contributed by atoms with Gasteiger partial charge in [-0.15, -0.1) is 0 Å². The average molecular weight is 284 g/mol. The first kappa shape index (κ1) is 12.6. The molecule has 0 aliphatic heterocycles. The van der Waals surface area contributed by atoms with Crippen molar-refractivity contribution in [2.24, 2.45) is 0 Å². The molecule has 2 aromatic carbocycles. The number of aromatic nitrogens is 1. The fourth-order valence-electron chi connectivity index (χ4n) is 1.94. The van der Waals surface area contributed by atoms with Gasteiger partial charge in [-0.25, -0.2) is 9.78 Å². The number of thiazole rings is 1. The van der Waals surface area contributed by atoms with Gasteiger partial charge in [-0.05, 0) is 29.8 Å². The first-order valence-corrected chi connectivity index (χ1v) is 6.96. The van der Waals surface area contributed by atoms with Crippen LogP contribution in [0, 0.1) is 0 Å². The Kier molecular flexibility index (Phi) is 3.35. The third kappa shape index (κ3) is 2.62. The Balaban J connectivity index is 1.75. The Bertz CT molecular complexity index is 734. The number of benzene rings is 2. The highest BCUT2D eigenvalue weighted by molar-refractivity contribution is 7.22. The van der Waals surface area contributed by atoms with E-state index >= 15 is 0 Å². The van der Waals surface area contributed by atoms with Gasteiger partial charge in [0.05, 0.1) is 15.8 Å². The minimum atomic E-state index is -0.910. The molecule has 0 atom stereocenters. The van der Waals surface area contributed by atoms with Crippen molar-refractivity contribution in [3.63, 3.8) is 0 Å². The number of nitrogens with one attached hydrogen (secondary N) is 1. The van der Waals surface area contributed by atoms with Crippen molar-refractivity contribution in [1.82, 2.24) is 4.98 Å². The Labute approximate surface area is 119 Å². The van der Waals surface area contributed by atoms with E-state index in [0.717, 1.165) is 20.9 Å². The highest BCUT2D eigenvalue weighted by atomic mass is 32.1. The minimum absolute atomic E-state index is 0.300. The van der Waals surface area contributed by atoms with Gasteiger partial charge in [-0.2, -0.15) is 0 Å². The molecule has 0 aliphatic carbocycles. The van der Waals surface area contributed by atoms with Crippen LogP contribution in [0.4, 0.5) is 5.13 Å². The zero-order chi connectivity index (χ0) is 13.9. The molecule has 3 rings (SSSR count). The fourth-order valence-corrected chi connectivity index (χ4v) is 2.80. The molecule has 5 heteroatoms. The molecule has 0 spiro atoms. The quantitative estimate of drug-likeness (QED) is 0.768. The third-order valence-electron chi connectivity index (χ3n) is 2.91. The summed E-state index contributed by atoms with van der Waals surface area (Å²) in [6, 6.07) is 14.9. The van der Waals surface area contributed by atoms with Crippen LogP contribution >= 0.6 is 11.3 Å². The highest BCUT2D eigenvalue weighted by Crippen LogP contribution is 2.25. The lowest BCUT2D eigenvalue weighted by molar-refractivity contribution is 0.0697. The average Bonchev–Trinajstić information content (AvgIpc) is 2.88. The van der Waals surface area contributed by atoms with Crippen molar-refractivity contribution in [3.8, 4) is 0 Å². The van der Waals surface area contributed by atoms with E-state index in [1.54, 1.807) is 29.5 Å². The van der Waals surface area contributed by atoms with Crippen LogP contribution in [0.2, 0.25) is 0 Å². The van der Waals surface area contributed by atoms with Crippen LogP contribution in [0.15, 0.2) is 48.5 Å². The number of fused-ring (bicyclic) bond motifs is 1. The van der Waals surface area contributed by atoms with E-state index < -0.39 is 5.97 Å². The first-order chi connectivity index (χ1) is 9.72. The molecule has 1 heterocycles. The van der Waals surface area contributed by atoms with Gasteiger partial charge in [0.2, 0.25) is 0 Å². The van der Waals surface area contributed by atoms with Gasteiger partial charge in [0.1, 0.15) is 0 Å². The van der Waals surface area contributed by atoms with Gasteiger partial charge in [0.25, 0.3) is 0 Å². The number of anilines is 1. The van der Waals surface area contributed by atoms with Gasteiger partial charge < -0.3 is 10.4 Å². The number of nitrogens with zero attached hydrogens (tertiary/aromatic N) is 1. The summed E-state index contributed by atoms with van der Waals surface area (Å²) >= 11 is 1.59. The summed E-state index contributed by atoms with van der Waals surface area (Å²) < 4.78 is 1.13. The zero-order valence-corrected chi connectivity index (χ0v) is 11.4. The Morgan fingerprint density at radius 3 is 2.85 bits per heavy atom. The lowest BCUT2D eigenvalue weighted by atomic mass is 10.1. The molecule has 2 N–H and O–H groups in total. The van der Waals surface area contributed by atoms with E-state index in [1.165, 1.54) is 0 Å². The number of aromatic carboxylic acids is 1. The van der Waals surface area contributed by atoms with Crippen molar-refractivity contribution < 1.29 is 9.90 Å². The van der Waals surface area contributed by atoms with E-state index in [-0.39, 0.29) is 0 Å². The van der Waals surface area contributed by atoms with Crippen LogP contribution in [0.1, 0.15) is 15.9 Å². The number of rotatable bonds is 4. The molecule has 0 unspecified atom stereocenters. The summed E-state index contributed by atoms with van der Waals surface area (Å²) in [5.74, 6) is -0.910. The Morgan fingerprint density at radius 2 is 2.05 bits per heavy atom. The number of hydrogen-bond donors (Lipinski definition) is 2. The van der Waals surface area contributed by atoms with Crippen molar-refractivity contribution in [1.29, 1.82) is 0 Å². The van der Waals surface area contributed by atoms with Crippen LogP contribution < -0.4 is 5.32 Å². The fraction of sp³-hybridized carbons (Fsp3) is 0.0667. The number of carbonyl (C=O) groups is 1. The molecular weight excluding hydrogens is 272 g/mol. The maximum absolute atomic E-state index is 10.9. The van der Waals surface area contributed by atoms with E-state index in [2.05, 4.69) is 10.3 Å². The van der Waals surface area contributed by atoms with Crippen molar-refractivity contribution >= 4 is 32.7 Å². The largest absolute Gasteiger partial charge is 0.478 e. The van der Waals surface area contributed by atoms with E-state index in [0.29, 0.717) is 12.1 Å². The van der Waals surface area contributed by atoms with Gasteiger partial charge in [0.15, 0.2) is 5.13 Å². The van der Waals surface area contributed by atoms with Gasteiger partial charge in [0, 0.05) is 6.54 Å². The smallest absolute Gasteiger partial charge is 0.335 e. The second-order valence-corrected chi connectivity index (χ2v) is 5.38. The zero-order valence-electron chi connectivity index (χ0n) is 10.5. The van der Waals surface area contributed by atoms with Crippen LogP contribution in [0.25, 0.3) is 10.2 Å². The molecule has 0 saturated carbocycles. The normalized spacial score (nSPS) is 10.6. The molecule has 20 heavy (non-hydrogen) atoms. The van der Waals surface area contributed by atoms with Gasteiger partial charge in [-0.1, -0.05) is 35.6 Å². The minimum Gasteiger partial charge on any atom is -0.478 e. The monoisotopic (exact) mass is 284 g/mol. The summed E-state index contributed by atoms with van der Waals surface area (Å²) in [6.07, 6.45) is 0. The first-order valence-electron chi connectivity index (χ1n) is 6.14. The molecule has 0 amide bonds. The number of carboxylic acids is 1.